The van der Waals surface area contributed by atoms with Crippen molar-refractivity contribution in [3.05, 3.63) is 41.5 Å². The van der Waals surface area contributed by atoms with Crippen molar-refractivity contribution in [1.82, 2.24) is 0 Å². The molecule has 0 unspecified atom stereocenters. The van der Waals surface area contributed by atoms with E-state index >= 15 is 0 Å². The largest absolute Gasteiger partial charge is 0.375 e. The number of hydrogen-bond acceptors (Lipinski definition) is 1. The monoisotopic (exact) mass is 232 g/mol. The zero-order chi connectivity index (χ0) is 12.5. The standard InChI is InChI=1S/C16H24O/c1-4-5-7-15-9-11-16(12-10-15)8-6-13-17-14(2)3/h6,8-12,14H,4-5,7,13H2,1-3H3/b8-6+. The van der Waals surface area contributed by atoms with Crippen LogP contribution < -0.4 is 0 Å². The highest BCUT2D eigenvalue weighted by molar-refractivity contribution is 5.49. The molecular weight excluding hydrogens is 208 g/mol. The normalized spacial score (nSPS) is 11.5. The average Bonchev–Trinajstić information content (AvgIpc) is 2.33. The molecule has 0 aromatic heterocycles. The van der Waals surface area contributed by atoms with E-state index in [1.54, 1.807) is 0 Å². The van der Waals surface area contributed by atoms with Gasteiger partial charge in [-0.05, 0) is 37.8 Å². The summed E-state index contributed by atoms with van der Waals surface area (Å²) in [4.78, 5) is 0. The minimum atomic E-state index is 0.302. The summed E-state index contributed by atoms with van der Waals surface area (Å²) < 4.78 is 5.45. The van der Waals surface area contributed by atoms with Gasteiger partial charge in [0, 0.05) is 0 Å². The molecule has 1 rings (SSSR count). The number of benzene rings is 1. The summed E-state index contributed by atoms with van der Waals surface area (Å²) in [5.74, 6) is 0. The lowest BCUT2D eigenvalue weighted by atomic mass is 10.1. The van der Waals surface area contributed by atoms with Gasteiger partial charge in [0.15, 0.2) is 0 Å². The summed E-state index contributed by atoms with van der Waals surface area (Å²) in [5, 5.41) is 0. The Kier molecular flexibility index (Phi) is 6.64. The minimum absolute atomic E-state index is 0.302. The number of rotatable bonds is 7. The van der Waals surface area contributed by atoms with Gasteiger partial charge >= 0.3 is 0 Å². The van der Waals surface area contributed by atoms with Gasteiger partial charge in [0.1, 0.15) is 0 Å². The van der Waals surface area contributed by atoms with Gasteiger partial charge in [-0.1, -0.05) is 49.8 Å². The van der Waals surface area contributed by atoms with Crippen molar-refractivity contribution in [2.75, 3.05) is 6.61 Å². The van der Waals surface area contributed by atoms with E-state index < -0.39 is 0 Å². The molecule has 1 aromatic carbocycles. The Balaban J connectivity index is 2.39. The van der Waals surface area contributed by atoms with Gasteiger partial charge in [-0.15, -0.1) is 0 Å². The summed E-state index contributed by atoms with van der Waals surface area (Å²) >= 11 is 0. The molecule has 1 aromatic rings. The second-order valence-electron chi connectivity index (χ2n) is 4.63. The van der Waals surface area contributed by atoms with Crippen LogP contribution in [0.1, 0.15) is 44.7 Å². The molecule has 17 heavy (non-hydrogen) atoms. The maximum Gasteiger partial charge on any atom is 0.0654 e. The molecule has 0 fully saturated rings. The molecule has 0 aliphatic carbocycles. The lowest BCUT2D eigenvalue weighted by Crippen LogP contribution is -2.01. The Hall–Kier alpha value is -1.08. The topological polar surface area (TPSA) is 9.23 Å². The molecule has 0 bridgehead atoms. The van der Waals surface area contributed by atoms with Gasteiger partial charge in [0.2, 0.25) is 0 Å². The van der Waals surface area contributed by atoms with Gasteiger partial charge in [-0.25, -0.2) is 0 Å². The Morgan fingerprint density at radius 2 is 1.88 bits per heavy atom. The van der Waals surface area contributed by atoms with Crippen molar-refractivity contribution in [2.45, 2.75) is 46.1 Å². The maximum absolute atomic E-state index is 5.45. The van der Waals surface area contributed by atoms with E-state index in [2.05, 4.69) is 57.2 Å². The molecule has 0 aliphatic heterocycles. The van der Waals surface area contributed by atoms with Crippen LogP contribution in [-0.2, 0) is 11.2 Å². The zero-order valence-corrected chi connectivity index (χ0v) is 11.3. The Morgan fingerprint density at radius 3 is 2.47 bits per heavy atom. The lowest BCUT2D eigenvalue weighted by molar-refractivity contribution is 0.103. The Labute approximate surface area is 106 Å². The van der Waals surface area contributed by atoms with Crippen LogP contribution in [0.15, 0.2) is 30.3 Å². The van der Waals surface area contributed by atoms with Crippen LogP contribution in [0.2, 0.25) is 0 Å². The minimum Gasteiger partial charge on any atom is -0.375 e. The van der Waals surface area contributed by atoms with Crippen molar-refractivity contribution in [3.8, 4) is 0 Å². The van der Waals surface area contributed by atoms with E-state index in [0.29, 0.717) is 12.7 Å². The molecular formula is C16H24O. The van der Waals surface area contributed by atoms with Gasteiger partial charge in [-0.3, -0.25) is 0 Å². The number of unbranched alkanes of at least 4 members (excludes halogenated alkanes) is 1. The highest BCUT2D eigenvalue weighted by Crippen LogP contribution is 2.09. The molecule has 0 amide bonds. The van der Waals surface area contributed by atoms with Crippen LogP contribution in [0, 0.1) is 0 Å². The maximum atomic E-state index is 5.45. The summed E-state index contributed by atoms with van der Waals surface area (Å²) in [7, 11) is 0. The van der Waals surface area contributed by atoms with Crippen molar-refractivity contribution in [1.29, 1.82) is 0 Å². The van der Waals surface area contributed by atoms with Gasteiger partial charge in [0.05, 0.1) is 12.7 Å². The number of hydrogen-bond donors (Lipinski definition) is 0. The van der Waals surface area contributed by atoms with Crippen LogP contribution in [0.25, 0.3) is 6.08 Å². The summed E-state index contributed by atoms with van der Waals surface area (Å²) in [5.41, 5.74) is 2.68. The van der Waals surface area contributed by atoms with E-state index in [1.807, 2.05) is 0 Å². The fourth-order valence-corrected chi connectivity index (χ4v) is 1.61. The molecule has 0 radical (unpaired) electrons. The first-order valence-corrected chi connectivity index (χ1v) is 6.59. The molecule has 0 aliphatic rings. The third-order valence-corrected chi connectivity index (χ3v) is 2.63. The van der Waals surface area contributed by atoms with E-state index in [0.717, 1.165) is 0 Å². The van der Waals surface area contributed by atoms with Gasteiger partial charge < -0.3 is 4.74 Å². The Bertz CT molecular complexity index is 322. The van der Waals surface area contributed by atoms with Gasteiger partial charge in [0.25, 0.3) is 0 Å². The van der Waals surface area contributed by atoms with E-state index in [-0.39, 0.29) is 0 Å². The third-order valence-electron chi connectivity index (χ3n) is 2.63. The quantitative estimate of drug-likeness (QED) is 0.674. The first-order chi connectivity index (χ1) is 8.22. The highest BCUT2D eigenvalue weighted by atomic mass is 16.5. The zero-order valence-electron chi connectivity index (χ0n) is 11.3. The lowest BCUT2D eigenvalue weighted by Gasteiger charge is -2.03. The van der Waals surface area contributed by atoms with Crippen molar-refractivity contribution in [2.24, 2.45) is 0 Å². The van der Waals surface area contributed by atoms with Crippen LogP contribution in [-0.4, -0.2) is 12.7 Å². The molecule has 0 heterocycles. The highest BCUT2D eigenvalue weighted by Gasteiger charge is 1.92. The molecule has 0 spiro atoms. The van der Waals surface area contributed by atoms with E-state index in [1.165, 1.54) is 30.4 Å². The molecule has 1 heteroatoms. The molecule has 0 saturated heterocycles. The predicted molar refractivity (Wildman–Crippen MR) is 75.2 cm³/mol. The number of ether oxygens (including phenoxy) is 1. The first kappa shape index (κ1) is 14.0. The first-order valence-electron chi connectivity index (χ1n) is 6.59. The van der Waals surface area contributed by atoms with E-state index in [4.69, 9.17) is 4.74 Å². The number of aryl methyl sites for hydroxylation is 1. The molecule has 1 nitrogen and oxygen atoms in total. The van der Waals surface area contributed by atoms with Crippen LogP contribution >= 0.6 is 0 Å². The molecule has 0 saturated carbocycles. The molecule has 0 N–H and O–H groups in total. The fourth-order valence-electron chi connectivity index (χ4n) is 1.61. The van der Waals surface area contributed by atoms with Crippen LogP contribution in [0.5, 0.6) is 0 Å². The van der Waals surface area contributed by atoms with Crippen LogP contribution in [0.3, 0.4) is 0 Å². The second-order valence-corrected chi connectivity index (χ2v) is 4.63. The van der Waals surface area contributed by atoms with Crippen molar-refractivity contribution in [3.63, 3.8) is 0 Å². The van der Waals surface area contributed by atoms with E-state index in [9.17, 15) is 0 Å². The average molecular weight is 232 g/mol. The van der Waals surface area contributed by atoms with Gasteiger partial charge in [-0.2, -0.15) is 0 Å². The fraction of sp³-hybridized carbons (Fsp3) is 0.500. The van der Waals surface area contributed by atoms with Crippen molar-refractivity contribution < 1.29 is 4.74 Å². The smallest absolute Gasteiger partial charge is 0.0654 e. The summed E-state index contributed by atoms with van der Waals surface area (Å²) in [6, 6.07) is 8.80. The summed E-state index contributed by atoms with van der Waals surface area (Å²) in [6.07, 6.45) is 8.21. The Morgan fingerprint density at radius 1 is 1.18 bits per heavy atom. The molecule has 94 valence electrons. The van der Waals surface area contributed by atoms with Crippen LogP contribution in [0.4, 0.5) is 0 Å². The predicted octanol–water partition coefficient (Wildman–Crippen LogP) is 4.47. The molecule has 0 atom stereocenters. The summed E-state index contributed by atoms with van der Waals surface area (Å²) in [6.45, 7) is 7.02. The van der Waals surface area contributed by atoms with Crippen molar-refractivity contribution >= 4 is 6.08 Å². The SMILES string of the molecule is CCCCc1ccc(/C=C/COC(C)C)cc1. The second kappa shape index (κ2) is 8.08. The third kappa shape index (κ3) is 6.28.